The van der Waals surface area contributed by atoms with E-state index in [1.807, 2.05) is 0 Å². The fraction of sp³-hybridized carbons (Fsp3) is 0.667. The molecule has 0 aromatic heterocycles. The molecule has 64 valence electrons. The van der Waals surface area contributed by atoms with E-state index in [0.29, 0.717) is 0 Å². The normalized spacial score (nSPS) is 11.1. The fourth-order valence-electron chi connectivity index (χ4n) is 0.557. The molecule has 0 radical (unpaired) electrons. The van der Waals surface area contributed by atoms with Crippen LogP contribution in [0.3, 0.4) is 0 Å². The number of hydrogen-bond donors (Lipinski definition) is 0. The highest BCUT2D eigenvalue weighted by Gasteiger charge is 2.41. The van der Waals surface area contributed by atoms with Gasteiger partial charge in [-0.2, -0.15) is 0 Å². The summed E-state index contributed by atoms with van der Waals surface area (Å²) in [4.78, 5) is 0. The first-order chi connectivity index (χ1) is 5.24. The van der Waals surface area contributed by atoms with Crippen molar-refractivity contribution in [2.45, 2.75) is 0 Å². The second-order valence-corrected chi connectivity index (χ2v) is 4.12. The average Bonchev–Trinajstić information content (AvgIpc) is 2.08. The molecule has 0 bridgehead atoms. The molecule has 0 fully saturated rings. The first kappa shape index (κ1) is 10.6. The molecule has 0 N–H and O–H groups in total. The van der Waals surface area contributed by atoms with Crippen LogP contribution in [-0.2, 0) is 17.7 Å². The molecule has 5 heteroatoms. The Bertz CT molecular complexity index is 130. The number of hydrogen-bond acceptors (Lipinski definition) is 4. The molecule has 4 nitrogen and oxygen atoms in total. The Labute approximate surface area is 67.9 Å². The van der Waals surface area contributed by atoms with Gasteiger partial charge in [0.15, 0.2) is 0 Å². The molecule has 0 atom stereocenters. The second-order valence-electron chi connectivity index (χ2n) is 1.61. The van der Waals surface area contributed by atoms with Crippen molar-refractivity contribution in [3.8, 4) is 12.3 Å². The summed E-state index contributed by atoms with van der Waals surface area (Å²) in [5.74, 6) is 2.30. The van der Waals surface area contributed by atoms with Gasteiger partial charge in [-0.05, 0) is 0 Å². The lowest BCUT2D eigenvalue weighted by Crippen LogP contribution is -2.46. The maximum Gasteiger partial charge on any atom is 0.679 e. The Kier molecular flexibility index (Phi) is 5.11. The van der Waals surface area contributed by atoms with Crippen LogP contribution < -0.4 is 0 Å². The molecule has 0 saturated carbocycles. The third-order valence-electron chi connectivity index (χ3n) is 1.08. The van der Waals surface area contributed by atoms with Gasteiger partial charge in [-0.3, -0.25) is 0 Å². The lowest BCUT2D eigenvalue weighted by atomic mass is 10.8. The zero-order chi connectivity index (χ0) is 8.74. The van der Waals surface area contributed by atoms with Gasteiger partial charge < -0.3 is 17.7 Å². The maximum absolute atomic E-state index is 5.06. The zero-order valence-electron chi connectivity index (χ0n) is 6.92. The zero-order valence-corrected chi connectivity index (χ0v) is 7.92. The van der Waals surface area contributed by atoms with Crippen LogP contribution in [0.2, 0.25) is 0 Å². The lowest BCUT2D eigenvalue weighted by Gasteiger charge is -2.21. The van der Waals surface area contributed by atoms with Crippen molar-refractivity contribution in [3.63, 3.8) is 0 Å². The van der Waals surface area contributed by atoms with Crippen LogP contribution in [0.15, 0.2) is 0 Å². The van der Waals surface area contributed by atoms with E-state index in [2.05, 4.69) is 5.92 Å². The molecule has 0 aromatic carbocycles. The van der Waals surface area contributed by atoms with Crippen LogP contribution in [-0.4, -0.2) is 37.0 Å². The van der Waals surface area contributed by atoms with Crippen LogP contribution in [0, 0.1) is 12.3 Å². The maximum atomic E-state index is 5.06. The monoisotopic (exact) mass is 176 g/mol. The van der Waals surface area contributed by atoms with E-state index in [4.69, 9.17) is 24.1 Å². The van der Waals surface area contributed by atoms with E-state index in [1.54, 1.807) is 0 Å². The Balaban J connectivity index is 3.96. The van der Waals surface area contributed by atoms with Gasteiger partial charge in [-0.25, -0.2) is 0 Å². The van der Waals surface area contributed by atoms with Crippen molar-refractivity contribution in [2.24, 2.45) is 0 Å². The molecular formula is C6H12O4Si. The standard InChI is InChI=1S/C6H12O4Si/c1-5-6-10-11(7-2,8-3)9-4/h1H,6H2,2-4H3. The van der Waals surface area contributed by atoms with Crippen molar-refractivity contribution < 1.29 is 17.7 Å². The molecule has 0 heterocycles. The van der Waals surface area contributed by atoms with Crippen LogP contribution >= 0.6 is 0 Å². The SMILES string of the molecule is C#CCO[Si](OC)(OC)OC. The molecule has 0 amide bonds. The van der Waals surface area contributed by atoms with Gasteiger partial charge >= 0.3 is 9.05 Å². The molecular weight excluding hydrogens is 164 g/mol. The van der Waals surface area contributed by atoms with Gasteiger partial charge in [0.2, 0.25) is 0 Å². The predicted molar refractivity (Wildman–Crippen MR) is 41.6 cm³/mol. The third kappa shape index (κ3) is 3.01. The number of rotatable bonds is 5. The molecule has 11 heavy (non-hydrogen) atoms. The Morgan fingerprint density at radius 3 is 1.91 bits per heavy atom. The molecule has 0 unspecified atom stereocenters. The third-order valence-corrected chi connectivity index (χ3v) is 3.08. The number of terminal acetylenes is 1. The summed E-state index contributed by atoms with van der Waals surface area (Å²) < 4.78 is 19.8. The second kappa shape index (κ2) is 5.29. The van der Waals surface area contributed by atoms with Crippen molar-refractivity contribution in [1.82, 2.24) is 0 Å². The molecule has 0 spiro atoms. The summed E-state index contributed by atoms with van der Waals surface area (Å²) in [5.41, 5.74) is 0. The van der Waals surface area contributed by atoms with Crippen LogP contribution in [0.5, 0.6) is 0 Å². The van der Waals surface area contributed by atoms with Gasteiger partial charge in [0.05, 0.1) is 0 Å². The summed E-state index contributed by atoms with van der Waals surface area (Å²) in [6, 6.07) is 0. The van der Waals surface area contributed by atoms with Crippen molar-refractivity contribution in [1.29, 1.82) is 0 Å². The van der Waals surface area contributed by atoms with Crippen molar-refractivity contribution >= 4 is 9.05 Å². The summed E-state index contributed by atoms with van der Waals surface area (Å²) >= 11 is 0. The van der Waals surface area contributed by atoms with Gasteiger partial charge in [0.1, 0.15) is 6.61 Å². The van der Waals surface area contributed by atoms with E-state index in [-0.39, 0.29) is 6.61 Å². The Morgan fingerprint density at radius 1 is 1.18 bits per heavy atom. The van der Waals surface area contributed by atoms with Gasteiger partial charge in [0.25, 0.3) is 0 Å². The van der Waals surface area contributed by atoms with Crippen molar-refractivity contribution in [2.75, 3.05) is 27.9 Å². The first-order valence-corrected chi connectivity index (χ1v) is 4.61. The van der Waals surface area contributed by atoms with Gasteiger partial charge in [-0.1, -0.05) is 5.92 Å². The molecule has 0 aliphatic rings. The predicted octanol–water partition coefficient (Wildman–Crippen LogP) is 0.0110. The smallest absolute Gasteiger partial charge is 0.355 e. The average molecular weight is 176 g/mol. The van der Waals surface area contributed by atoms with Crippen LogP contribution in [0.1, 0.15) is 0 Å². The lowest BCUT2D eigenvalue weighted by molar-refractivity contribution is 0.0145. The van der Waals surface area contributed by atoms with Crippen LogP contribution in [0.25, 0.3) is 0 Å². The van der Waals surface area contributed by atoms with Gasteiger partial charge in [0, 0.05) is 21.3 Å². The largest absolute Gasteiger partial charge is 0.679 e. The molecule has 0 aliphatic carbocycles. The van der Waals surface area contributed by atoms with E-state index in [1.165, 1.54) is 21.3 Å². The molecule has 0 saturated heterocycles. The van der Waals surface area contributed by atoms with E-state index in [0.717, 1.165) is 0 Å². The Morgan fingerprint density at radius 2 is 1.64 bits per heavy atom. The highest BCUT2D eigenvalue weighted by Crippen LogP contribution is 2.06. The molecule has 0 aromatic rings. The minimum Gasteiger partial charge on any atom is -0.355 e. The van der Waals surface area contributed by atoms with Crippen molar-refractivity contribution in [3.05, 3.63) is 0 Å². The topological polar surface area (TPSA) is 36.9 Å². The Hall–Kier alpha value is -0.383. The van der Waals surface area contributed by atoms with E-state index >= 15 is 0 Å². The summed E-state index contributed by atoms with van der Waals surface area (Å²) in [6.07, 6.45) is 4.98. The summed E-state index contributed by atoms with van der Waals surface area (Å²) in [5, 5.41) is 0. The quantitative estimate of drug-likeness (QED) is 0.437. The molecule has 0 aliphatic heterocycles. The summed E-state index contributed by atoms with van der Waals surface area (Å²) in [7, 11) is 1.48. The fourth-order valence-corrected chi connectivity index (χ4v) is 1.67. The highest BCUT2D eigenvalue weighted by atomic mass is 28.4. The van der Waals surface area contributed by atoms with E-state index in [9.17, 15) is 0 Å². The molecule has 0 rings (SSSR count). The minimum absolute atomic E-state index is 0.127. The summed E-state index contributed by atoms with van der Waals surface area (Å²) in [6.45, 7) is 0.127. The first-order valence-electron chi connectivity index (χ1n) is 2.97. The highest BCUT2D eigenvalue weighted by molar-refractivity contribution is 6.53. The van der Waals surface area contributed by atoms with E-state index < -0.39 is 9.05 Å². The van der Waals surface area contributed by atoms with Crippen LogP contribution in [0.4, 0.5) is 0 Å². The minimum atomic E-state index is -2.88. The van der Waals surface area contributed by atoms with Gasteiger partial charge in [-0.15, -0.1) is 6.42 Å².